The predicted molar refractivity (Wildman–Crippen MR) is 70.1 cm³/mol. The molecule has 18 heavy (non-hydrogen) atoms. The van der Waals surface area contributed by atoms with E-state index in [0.717, 1.165) is 5.56 Å². The molecule has 98 valence electrons. The number of sulfone groups is 1. The Morgan fingerprint density at radius 2 is 1.89 bits per heavy atom. The van der Waals surface area contributed by atoms with Crippen LogP contribution in [0.4, 0.5) is 0 Å². The third kappa shape index (κ3) is 4.71. The van der Waals surface area contributed by atoms with Crippen LogP contribution in [-0.4, -0.2) is 25.2 Å². The third-order valence-corrected chi connectivity index (χ3v) is 3.97. The molecule has 0 aliphatic rings. The molecule has 0 radical (unpaired) electrons. The summed E-state index contributed by atoms with van der Waals surface area (Å²) >= 11 is 0. The number of rotatable bonds is 7. The van der Waals surface area contributed by atoms with Gasteiger partial charge in [-0.05, 0) is 17.5 Å². The molecule has 0 aliphatic heterocycles. The van der Waals surface area contributed by atoms with Gasteiger partial charge in [-0.25, -0.2) is 8.42 Å². The molecule has 0 atom stereocenters. The number of hydrogen-bond acceptors (Lipinski definition) is 3. The Kier molecular flexibility index (Phi) is 5.09. The highest BCUT2D eigenvalue weighted by atomic mass is 32.2. The summed E-state index contributed by atoms with van der Waals surface area (Å²) in [5, 5.41) is 8.65. The van der Waals surface area contributed by atoms with Gasteiger partial charge >= 0.3 is 5.97 Å². The molecule has 1 rings (SSSR count). The maximum absolute atomic E-state index is 11.7. The van der Waals surface area contributed by atoms with E-state index >= 15 is 0 Å². The van der Waals surface area contributed by atoms with Crippen molar-refractivity contribution in [1.29, 1.82) is 0 Å². The van der Waals surface area contributed by atoms with Gasteiger partial charge in [-0.1, -0.05) is 30.3 Å². The zero-order chi connectivity index (χ0) is 13.6. The van der Waals surface area contributed by atoms with Crippen LogP contribution in [0, 0.1) is 0 Å². The normalized spacial score (nSPS) is 11.1. The molecule has 1 aromatic carbocycles. The van der Waals surface area contributed by atoms with Gasteiger partial charge in [0.25, 0.3) is 0 Å². The molecule has 0 bridgehead atoms. The van der Waals surface area contributed by atoms with Crippen LogP contribution in [0.1, 0.15) is 17.5 Å². The van der Waals surface area contributed by atoms with Crippen LogP contribution in [0.15, 0.2) is 36.9 Å². The monoisotopic (exact) mass is 268 g/mol. The first kappa shape index (κ1) is 14.4. The number of aliphatic carboxylic acids is 1. The van der Waals surface area contributed by atoms with Crippen LogP contribution in [-0.2, 0) is 26.8 Å². The first-order chi connectivity index (χ1) is 8.44. The summed E-state index contributed by atoms with van der Waals surface area (Å²) in [6.45, 7) is 3.41. The lowest BCUT2D eigenvalue weighted by atomic mass is 10.0. The third-order valence-electron chi connectivity index (χ3n) is 2.47. The fraction of sp³-hybridized carbons (Fsp3) is 0.308. The molecular formula is C13H16O4S. The van der Waals surface area contributed by atoms with E-state index in [4.69, 9.17) is 5.11 Å². The zero-order valence-electron chi connectivity index (χ0n) is 10.0. The number of aryl methyl sites for hydroxylation is 1. The van der Waals surface area contributed by atoms with E-state index in [0.29, 0.717) is 12.0 Å². The number of carbonyl (C=O) groups is 1. The SMILES string of the molecule is C=CCS(=O)(=O)Cc1ccccc1CCC(=O)O. The lowest BCUT2D eigenvalue weighted by Crippen LogP contribution is -2.09. The van der Waals surface area contributed by atoms with E-state index in [2.05, 4.69) is 6.58 Å². The number of carboxylic acids is 1. The van der Waals surface area contributed by atoms with E-state index in [1.165, 1.54) is 6.08 Å². The maximum Gasteiger partial charge on any atom is 0.303 e. The zero-order valence-corrected chi connectivity index (χ0v) is 10.8. The molecule has 0 saturated heterocycles. The Morgan fingerprint density at radius 3 is 2.44 bits per heavy atom. The molecule has 0 saturated carbocycles. The molecule has 0 unspecified atom stereocenters. The number of benzene rings is 1. The van der Waals surface area contributed by atoms with Gasteiger partial charge in [0.15, 0.2) is 9.84 Å². The molecule has 0 heterocycles. The molecule has 1 aromatic rings. The van der Waals surface area contributed by atoms with Gasteiger partial charge < -0.3 is 5.11 Å². The summed E-state index contributed by atoms with van der Waals surface area (Å²) in [5.74, 6) is -1.03. The fourth-order valence-corrected chi connectivity index (χ4v) is 2.89. The second kappa shape index (κ2) is 6.35. The van der Waals surface area contributed by atoms with Gasteiger partial charge in [-0.15, -0.1) is 6.58 Å². The number of hydrogen-bond donors (Lipinski definition) is 1. The molecular weight excluding hydrogens is 252 g/mol. The average molecular weight is 268 g/mol. The van der Waals surface area contributed by atoms with Crippen molar-refractivity contribution in [3.8, 4) is 0 Å². The maximum atomic E-state index is 11.7. The minimum Gasteiger partial charge on any atom is -0.481 e. The van der Waals surface area contributed by atoms with Crippen LogP contribution in [0.5, 0.6) is 0 Å². The van der Waals surface area contributed by atoms with Crippen molar-refractivity contribution in [3.63, 3.8) is 0 Å². The second-order valence-electron chi connectivity index (χ2n) is 4.01. The fourth-order valence-electron chi connectivity index (χ4n) is 1.66. The van der Waals surface area contributed by atoms with Crippen molar-refractivity contribution in [2.24, 2.45) is 0 Å². The van der Waals surface area contributed by atoms with Crippen molar-refractivity contribution in [3.05, 3.63) is 48.0 Å². The van der Waals surface area contributed by atoms with Gasteiger partial charge in [0.2, 0.25) is 0 Å². The minimum absolute atomic E-state index is 0.00147. The molecule has 0 aromatic heterocycles. The predicted octanol–water partition coefficient (Wildman–Crippen LogP) is 1.80. The lowest BCUT2D eigenvalue weighted by molar-refractivity contribution is -0.136. The van der Waals surface area contributed by atoms with Crippen molar-refractivity contribution in [2.45, 2.75) is 18.6 Å². The Labute approximate surface area is 107 Å². The molecule has 0 fully saturated rings. The van der Waals surface area contributed by atoms with Crippen molar-refractivity contribution < 1.29 is 18.3 Å². The first-order valence-electron chi connectivity index (χ1n) is 5.54. The second-order valence-corrected chi connectivity index (χ2v) is 6.11. The van der Waals surface area contributed by atoms with E-state index < -0.39 is 15.8 Å². The molecule has 0 spiro atoms. The summed E-state index contributed by atoms with van der Waals surface area (Å²) in [7, 11) is -3.21. The summed E-state index contributed by atoms with van der Waals surface area (Å²) in [6.07, 6.45) is 1.70. The highest BCUT2D eigenvalue weighted by molar-refractivity contribution is 7.90. The first-order valence-corrected chi connectivity index (χ1v) is 7.36. The highest BCUT2D eigenvalue weighted by Gasteiger charge is 2.13. The average Bonchev–Trinajstić information content (AvgIpc) is 2.27. The minimum atomic E-state index is -3.21. The van der Waals surface area contributed by atoms with E-state index in [-0.39, 0.29) is 17.9 Å². The van der Waals surface area contributed by atoms with Gasteiger partial charge in [0, 0.05) is 6.42 Å². The van der Waals surface area contributed by atoms with Crippen molar-refractivity contribution in [1.82, 2.24) is 0 Å². The summed E-state index contributed by atoms with van der Waals surface area (Å²) in [4.78, 5) is 10.5. The quantitative estimate of drug-likeness (QED) is 0.765. The smallest absolute Gasteiger partial charge is 0.303 e. The lowest BCUT2D eigenvalue weighted by Gasteiger charge is -2.08. The topological polar surface area (TPSA) is 71.4 Å². The van der Waals surface area contributed by atoms with E-state index in [1.54, 1.807) is 24.3 Å². The Morgan fingerprint density at radius 1 is 1.28 bits per heavy atom. The van der Waals surface area contributed by atoms with Gasteiger partial charge in [-0.3, -0.25) is 4.79 Å². The van der Waals surface area contributed by atoms with Crippen LogP contribution >= 0.6 is 0 Å². The van der Waals surface area contributed by atoms with E-state index in [1.807, 2.05) is 0 Å². The Hall–Kier alpha value is -1.62. The van der Waals surface area contributed by atoms with Crippen LogP contribution in [0.3, 0.4) is 0 Å². The van der Waals surface area contributed by atoms with Gasteiger partial charge in [0.1, 0.15) is 0 Å². The van der Waals surface area contributed by atoms with Crippen molar-refractivity contribution >= 4 is 15.8 Å². The molecule has 1 N–H and O–H groups in total. The van der Waals surface area contributed by atoms with Crippen LogP contribution in [0.25, 0.3) is 0 Å². The van der Waals surface area contributed by atoms with Crippen LogP contribution < -0.4 is 0 Å². The summed E-state index contributed by atoms with van der Waals surface area (Å²) in [5.41, 5.74) is 1.44. The summed E-state index contributed by atoms with van der Waals surface area (Å²) in [6, 6.07) is 7.02. The van der Waals surface area contributed by atoms with Gasteiger partial charge in [-0.2, -0.15) is 0 Å². The molecule has 0 amide bonds. The van der Waals surface area contributed by atoms with Crippen molar-refractivity contribution in [2.75, 3.05) is 5.75 Å². The van der Waals surface area contributed by atoms with Crippen LogP contribution in [0.2, 0.25) is 0 Å². The Bertz CT molecular complexity index is 532. The molecule has 0 aliphatic carbocycles. The Balaban J connectivity index is 2.88. The molecule has 4 nitrogen and oxygen atoms in total. The van der Waals surface area contributed by atoms with Gasteiger partial charge in [0.05, 0.1) is 11.5 Å². The van der Waals surface area contributed by atoms with E-state index in [9.17, 15) is 13.2 Å². The standard InChI is InChI=1S/C13H16O4S/c1-2-9-18(16,17)10-12-6-4-3-5-11(12)7-8-13(14)15/h2-6H,1,7-10H2,(H,14,15). The number of carboxylic acid groups (broad SMARTS) is 1. The molecule has 5 heteroatoms. The largest absolute Gasteiger partial charge is 0.481 e. The summed E-state index contributed by atoms with van der Waals surface area (Å²) < 4.78 is 23.4. The highest BCUT2D eigenvalue weighted by Crippen LogP contribution is 2.15.